The molecule has 2 aromatic rings. The van der Waals surface area contributed by atoms with Crippen LogP contribution in [0.4, 0.5) is 0 Å². The van der Waals surface area contributed by atoms with Gasteiger partial charge in [-0.3, -0.25) is 19.2 Å². The van der Waals surface area contributed by atoms with Gasteiger partial charge in [-0.05, 0) is 74.3 Å². The Morgan fingerprint density at radius 2 is 0.900 bits per heavy atom. The normalized spacial score (nSPS) is 39.7. The van der Waals surface area contributed by atoms with Crippen molar-refractivity contribution in [2.24, 2.45) is 34.5 Å². The standard InChI is InChI=1S/2C18H20O2/c2*19-15-10-5-11-18(15)16(12-6-2-1-3-7-12)13-8-4-9-14(13)17(18)20/h2*1-3,6-7,13-14,16H,4-5,8-11H2/t2*13-,14+,16+,18+/m11/s1. The van der Waals surface area contributed by atoms with Crippen molar-refractivity contribution >= 4 is 23.1 Å². The van der Waals surface area contributed by atoms with E-state index in [1.807, 2.05) is 36.4 Å². The first-order chi connectivity index (χ1) is 19.5. The highest BCUT2D eigenvalue weighted by molar-refractivity contribution is 6.13. The molecule has 6 fully saturated rings. The molecule has 2 aromatic carbocycles. The third kappa shape index (κ3) is 3.56. The van der Waals surface area contributed by atoms with Gasteiger partial charge in [0.2, 0.25) is 0 Å². The summed E-state index contributed by atoms with van der Waals surface area (Å²) in [6.07, 6.45) is 11.1. The number of ketones is 4. The first-order valence-electron chi connectivity index (χ1n) is 15.8. The lowest BCUT2D eigenvalue weighted by Gasteiger charge is -2.31. The van der Waals surface area contributed by atoms with Crippen LogP contribution in [0.3, 0.4) is 0 Å². The molecule has 2 spiro atoms. The zero-order valence-electron chi connectivity index (χ0n) is 23.4. The molecule has 0 aromatic heterocycles. The summed E-state index contributed by atoms with van der Waals surface area (Å²) >= 11 is 0. The van der Waals surface area contributed by atoms with Crippen molar-refractivity contribution in [1.29, 1.82) is 0 Å². The third-order valence-electron chi connectivity index (χ3n) is 11.9. The summed E-state index contributed by atoms with van der Waals surface area (Å²) in [4.78, 5) is 51.2. The van der Waals surface area contributed by atoms with Crippen molar-refractivity contribution < 1.29 is 19.2 Å². The fourth-order valence-electron chi connectivity index (χ4n) is 10.5. The van der Waals surface area contributed by atoms with Crippen molar-refractivity contribution in [3.05, 3.63) is 71.8 Å². The predicted octanol–water partition coefficient (Wildman–Crippen LogP) is 7.02. The Kier molecular flexibility index (Phi) is 6.44. The Morgan fingerprint density at radius 1 is 0.500 bits per heavy atom. The molecule has 0 radical (unpaired) electrons. The van der Waals surface area contributed by atoms with Crippen LogP contribution in [-0.4, -0.2) is 23.1 Å². The predicted molar refractivity (Wildman–Crippen MR) is 153 cm³/mol. The maximum Gasteiger partial charge on any atom is 0.150 e. The number of Topliss-reactive ketones (excluding diaryl/α,β-unsaturated/α-hetero) is 4. The molecule has 6 aliphatic rings. The smallest absolute Gasteiger partial charge is 0.150 e. The minimum atomic E-state index is -0.656. The van der Waals surface area contributed by atoms with E-state index in [9.17, 15) is 19.2 Å². The molecule has 6 saturated carbocycles. The molecule has 0 unspecified atom stereocenters. The summed E-state index contributed by atoms with van der Waals surface area (Å²) in [5, 5.41) is 0. The van der Waals surface area contributed by atoms with E-state index in [-0.39, 0.29) is 46.8 Å². The fourth-order valence-corrected chi connectivity index (χ4v) is 10.5. The van der Waals surface area contributed by atoms with E-state index in [0.717, 1.165) is 64.2 Å². The molecular formula is C36H40O4. The highest BCUT2D eigenvalue weighted by atomic mass is 16.2. The number of hydrogen-bond donors (Lipinski definition) is 0. The van der Waals surface area contributed by atoms with Crippen LogP contribution in [0.1, 0.15) is 100 Å². The maximum atomic E-state index is 13.0. The van der Waals surface area contributed by atoms with Gasteiger partial charge >= 0.3 is 0 Å². The van der Waals surface area contributed by atoms with Crippen LogP contribution in [0.2, 0.25) is 0 Å². The van der Waals surface area contributed by atoms with Crippen molar-refractivity contribution in [2.75, 3.05) is 0 Å². The number of fused-ring (bicyclic) bond motifs is 2. The number of benzene rings is 2. The molecule has 208 valence electrons. The second-order valence-electron chi connectivity index (χ2n) is 13.4. The largest absolute Gasteiger partial charge is 0.299 e. The quantitative estimate of drug-likeness (QED) is 0.387. The Labute approximate surface area is 237 Å². The average Bonchev–Trinajstić information content (AvgIpc) is 3.82. The second-order valence-corrected chi connectivity index (χ2v) is 13.4. The first-order valence-corrected chi connectivity index (χ1v) is 15.8. The molecule has 40 heavy (non-hydrogen) atoms. The van der Waals surface area contributed by atoms with Gasteiger partial charge in [-0.2, -0.15) is 0 Å². The topological polar surface area (TPSA) is 68.3 Å². The van der Waals surface area contributed by atoms with Crippen LogP contribution in [0, 0.1) is 34.5 Å². The van der Waals surface area contributed by atoms with Gasteiger partial charge in [0.05, 0.1) is 10.8 Å². The van der Waals surface area contributed by atoms with Crippen LogP contribution in [0.15, 0.2) is 60.7 Å². The molecule has 0 N–H and O–H groups in total. The van der Waals surface area contributed by atoms with E-state index in [1.54, 1.807) is 0 Å². The van der Waals surface area contributed by atoms with Gasteiger partial charge in [-0.25, -0.2) is 0 Å². The summed E-state index contributed by atoms with van der Waals surface area (Å²) in [5.41, 5.74) is 1.12. The molecule has 6 aliphatic carbocycles. The summed E-state index contributed by atoms with van der Waals surface area (Å²) in [6.45, 7) is 0. The zero-order valence-corrected chi connectivity index (χ0v) is 23.4. The minimum Gasteiger partial charge on any atom is -0.299 e. The molecular weight excluding hydrogens is 496 g/mol. The van der Waals surface area contributed by atoms with E-state index < -0.39 is 10.8 Å². The van der Waals surface area contributed by atoms with E-state index in [2.05, 4.69) is 24.3 Å². The highest BCUT2D eigenvalue weighted by Gasteiger charge is 2.66. The molecule has 8 atom stereocenters. The van der Waals surface area contributed by atoms with Gasteiger partial charge in [0.25, 0.3) is 0 Å². The van der Waals surface area contributed by atoms with Gasteiger partial charge < -0.3 is 0 Å². The van der Waals surface area contributed by atoms with Gasteiger partial charge in [0.15, 0.2) is 0 Å². The number of carbonyl (C=O) groups is 4. The zero-order chi connectivity index (χ0) is 27.5. The van der Waals surface area contributed by atoms with Crippen molar-refractivity contribution in [1.82, 2.24) is 0 Å². The van der Waals surface area contributed by atoms with Gasteiger partial charge in [-0.15, -0.1) is 0 Å². The Balaban J connectivity index is 0.000000132. The van der Waals surface area contributed by atoms with E-state index in [1.165, 1.54) is 11.1 Å². The molecule has 0 bridgehead atoms. The average molecular weight is 537 g/mol. The van der Waals surface area contributed by atoms with E-state index in [4.69, 9.17) is 0 Å². The lowest BCUT2D eigenvalue weighted by molar-refractivity contribution is -0.140. The second kappa shape index (κ2) is 9.89. The molecule has 4 heteroatoms. The SMILES string of the molecule is O=C1CCC[C@]12C(=O)[C@H]1CCC[C@H]1[C@@H]2c1ccccc1.O=C1CCC[C@]12C(=O)[C@H]1CCC[C@H]1[C@@H]2c1ccccc1. The highest BCUT2D eigenvalue weighted by Crippen LogP contribution is 2.64. The van der Waals surface area contributed by atoms with Crippen molar-refractivity contribution in [2.45, 2.75) is 88.9 Å². The molecule has 0 heterocycles. The molecule has 0 amide bonds. The molecule has 0 aliphatic heterocycles. The van der Waals surface area contributed by atoms with Gasteiger partial charge in [0, 0.05) is 36.5 Å². The lowest BCUT2D eigenvalue weighted by Crippen LogP contribution is -2.37. The van der Waals surface area contributed by atoms with Crippen LogP contribution in [-0.2, 0) is 19.2 Å². The van der Waals surface area contributed by atoms with Crippen LogP contribution in [0.25, 0.3) is 0 Å². The molecule has 0 saturated heterocycles. The monoisotopic (exact) mass is 536 g/mol. The summed E-state index contributed by atoms with van der Waals surface area (Å²) in [5.74, 6) is 2.46. The van der Waals surface area contributed by atoms with E-state index >= 15 is 0 Å². The summed E-state index contributed by atoms with van der Waals surface area (Å²) in [7, 11) is 0. The number of rotatable bonds is 2. The Morgan fingerprint density at radius 3 is 1.25 bits per heavy atom. The lowest BCUT2D eigenvalue weighted by atomic mass is 9.69. The van der Waals surface area contributed by atoms with Crippen molar-refractivity contribution in [3.8, 4) is 0 Å². The fraction of sp³-hybridized carbons (Fsp3) is 0.556. The van der Waals surface area contributed by atoms with Gasteiger partial charge in [-0.1, -0.05) is 73.5 Å². The first kappa shape index (κ1) is 26.0. The van der Waals surface area contributed by atoms with Gasteiger partial charge in [0.1, 0.15) is 23.1 Å². The number of hydrogen-bond acceptors (Lipinski definition) is 4. The number of carbonyl (C=O) groups excluding carboxylic acids is 4. The van der Waals surface area contributed by atoms with Crippen molar-refractivity contribution in [3.63, 3.8) is 0 Å². The summed E-state index contributed by atoms with van der Waals surface area (Å²) in [6, 6.07) is 20.6. The molecule has 8 rings (SSSR count). The Hall–Kier alpha value is -2.88. The van der Waals surface area contributed by atoms with Crippen LogP contribution in [0.5, 0.6) is 0 Å². The maximum absolute atomic E-state index is 13.0. The van der Waals surface area contributed by atoms with E-state index in [0.29, 0.717) is 24.7 Å². The van der Waals surface area contributed by atoms with Crippen LogP contribution >= 0.6 is 0 Å². The van der Waals surface area contributed by atoms with Crippen LogP contribution < -0.4 is 0 Å². The minimum absolute atomic E-state index is 0.152. The third-order valence-corrected chi connectivity index (χ3v) is 11.9. The summed E-state index contributed by atoms with van der Waals surface area (Å²) < 4.78 is 0. The Bertz CT molecular complexity index is 1230. The molecule has 4 nitrogen and oxygen atoms in total.